The van der Waals surface area contributed by atoms with Gasteiger partial charge in [-0.25, -0.2) is 9.59 Å². The molecule has 0 saturated carbocycles. The molecule has 0 fully saturated rings. The maximum atomic E-state index is 12.3. The lowest BCUT2D eigenvalue weighted by molar-refractivity contribution is 0.0597. The standard InChI is InChI=1S/C18H16O5/c1-3-6-11-15-10-7-4-5-8-14(10)23-18(21)12(15)9-13(16(11)19)17(20)22-2/h4-5,7-9,19H,3,6H2,1-2H3. The Hall–Kier alpha value is -2.82. The van der Waals surface area contributed by atoms with Crippen LogP contribution in [-0.4, -0.2) is 18.2 Å². The second kappa shape index (κ2) is 5.76. The lowest BCUT2D eigenvalue weighted by Crippen LogP contribution is -2.08. The van der Waals surface area contributed by atoms with E-state index in [4.69, 9.17) is 9.15 Å². The fourth-order valence-electron chi connectivity index (χ4n) is 2.87. The molecule has 0 bridgehead atoms. The molecule has 118 valence electrons. The van der Waals surface area contributed by atoms with Gasteiger partial charge < -0.3 is 14.3 Å². The molecule has 0 spiro atoms. The molecule has 2 aromatic carbocycles. The molecule has 0 aliphatic rings. The Kier molecular flexibility index (Phi) is 3.78. The predicted molar refractivity (Wildman–Crippen MR) is 87.0 cm³/mol. The van der Waals surface area contributed by atoms with Crippen molar-refractivity contribution >= 4 is 27.7 Å². The molecule has 0 radical (unpaired) electrons. The lowest BCUT2D eigenvalue weighted by atomic mass is 9.95. The maximum absolute atomic E-state index is 12.3. The largest absolute Gasteiger partial charge is 0.507 e. The first-order valence-corrected chi connectivity index (χ1v) is 7.37. The minimum Gasteiger partial charge on any atom is -0.507 e. The van der Waals surface area contributed by atoms with Crippen molar-refractivity contribution in [1.82, 2.24) is 0 Å². The number of phenolic OH excluding ortho intramolecular Hbond substituents is 1. The predicted octanol–water partition coefficient (Wildman–Crippen LogP) is 3.39. The minimum atomic E-state index is -0.686. The van der Waals surface area contributed by atoms with Gasteiger partial charge in [-0.05, 0) is 18.6 Å². The number of hydrogen-bond acceptors (Lipinski definition) is 5. The van der Waals surface area contributed by atoms with Crippen LogP contribution >= 0.6 is 0 Å². The third-order valence-corrected chi connectivity index (χ3v) is 3.89. The molecule has 5 nitrogen and oxygen atoms in total. The van der Waals surface area contributed by atoms with Crippen LogP contribution < -0.4 is 5.63 Å². The fourth-order valence-corrected chi connectivity index (χ4v) is 2.87. The highest BCUT2D eigenvalue weighted by molar-refractivity contribution is 6.10. The number of ether oxygens (including phenoxy) is 1. The summed E-state index contributed by atoms with van der Waals surface area (Å²) < 4.78 is 10.0. The first-order chi connectivity index (χ1) is 11.1. The van der Waals surface area contributed by atoms with Gasteiger partial charge in [-0.3, -0.25) is 0 Å². The van der Waals surface area contributed by atoms with E-state index in [1.807, 2.05) is 19.1 Å². The van der Waals surface area contributed by atoms with Gasteiger partial charge in [-0.1, -0.05) is 31.5 Å². The van der Waals surface area contributed by atoms with Crippen LogP contribution in [-0.2, 0) is 11.2 Å². The minimum absolute atomic E-state index is 0.0222. The summed E-state index contributed by atoms with van der Waals surface area (Å²) in [5, 5.41) is 12.2. The lowest BCUT2D eigenvalue weighted by Gasteiger charge is -2.13. The second-order valence-corrected chi connectivity index (χ2v) is 5.30. The number of aryl methyl sites for hydroxylation is 1. The number of carbonyl (C=O) groups excluding carboxylic acids is 1. The number of benzene rings is 2. The van der Waals surface area contributed by atoms with Crippen molar-refractivity contribution in [2.24, 2.45) is 0 Å². The number of fused-ring (bicyclic) bond motifs is 3. The van der Waals surface area contributed by atoms with Crippen LogP contribution in [0.1, 0.15) is 29.3 Å². The van der Waals surface area contributed by atoms with Crippen molar-refractivity contribution < 1.29 is 19.1 Å². The molecule has 3 rings (SSSR count). The van der Waals surface area contributed by atoms with E-state index in [0.29, 0.717) is 23.0 Å². The van der Waals surface area contributed by atoms with E-state index >= 15 is 0 Å². The smallest absolute Gasteiger partial charge is 0.344 e. The zero-order valence-electron chi connectivity index (χ0n) is 12.9. The number of phenols is 1. The SMILES string of the molecule is CCCc1c(O)c(C(=O)OC)cc2c(=O)oc3ccccc3c12. The van der Waals surface area contributed by atoms with Gasteiger partial charge in [-0.2, -0.15) is 0 Å². The van der Waals surface area contributed by atoms with Gasteiger partial charge >= 0.3 is 11.6 Å². The van der Waals surface area contributed by atoms with Gasteiger partial charge in [0.1, 0.15) is 16.9 Å². The molecule has 0 aliphatic heterocycles. The van der Waals surface area contributed by atoms with Gasteiger partial charge in [0.2, 0.25) is 0 Å². The molecular weight excluding hydrogens is 296 g/mol. The molecule has 0 aliphatic carbocycles. The molecule has 0 amide bonds. The summed E-state index contributed by atoms with van der Waals surface area (Å²) in [7, 11) is 1.23. The zero-order valence-corrected chi connectivity index (χ0v) is 12.9. The summed E-state index contributed by atoms with van der Waals surface area (Å²) in [5.41, 5.74) is 0.453. The van der Waals surface area contributed by atoms with Crippen molar-refractivity contribution in [2.45, 2.75) is 19.8 Å². The van der Waals surface area contributed by atoms with E-state index in [1.165, 1.54) is 13.2 Å². The second-order valence-electron chi connectivity index (χ2n) is 5.30. The van der Waals surface area contributed by atoms with Crippen LogP contribution in [0, 0.1) is 0 Å². The number of methoxy groups -OCH3 is 1. The number of hydrogen-bond donors (Lipinski definition) is 1. The van der Waals surface area contributed by atoms with Crippen molar-refractivity contribution in [1.29, 1.82) is 0 Å². The molecule has 0 atom stereocenters. The average molecular weight is 312 g/mol. The van der Waals surface area contributed by atoms with Crippen LogP contribution in [0.2, 0.25) is 0 Å². The van der Waals surface area contributed by atoms with Gasteiger partial charge in [0.05, 0.1) is 12.5 Å². The molecule has 1 N–H and O–H groups in total. The first kappa shape index (κ1) is 15.1. The summed E-state index contributed by atoms with van der Waals surface area (Å²) >= 11 is 0. The quantitative estimate of drug-likeness (QED) is 0.456. The molecule has 23 heavy (non-hydrogen) atoms. The monoisotopic (exact) mass is 312 g/mol. The van der Waals surface area contributed by atoms with Crippen LogP contribution in [0.25, 0.3) is 21.7 Å². The van der Waals surface area contributed by atoms with Crippen LogP contribution in [0.4, 0.5) is 0 Å². The Morgan fingerprint density at radius 1 is 1.26 bits per heavy atom. The van der Waals surface area contributed by atoms with Crippen molar-refractivity contribution in [3.05, 3.63) is 51.9 Å². The van der Waals surface area contributed by atoms with E-state index in [-0.39, 0.29) is 16.7 Å². The maximum Gasteiger partial charge on any atom is 0.344 e. The Balaban J connectivity index is 2.55. The van der Waals surface area contributed by atoms with Crippen LogP contribution in [0.5, 0.6) is 5.75 Å². The third kappa shape index (κ3) is 2.34. The van der Waals surface area contributed by atoms with Crippen molar-refractivity contribution in [3.63, 3.8) is 0 Å². The summed E-state index contributed by atoms with van der Waals surface area (Å²) in [6.45, 7) is 1.96. The van der Waals surface area contributed by atoms with Crippen molar-refractivity contribution in [2.75, 3.05) is 7.11 Å². The Bertz CT molecular complexity index is 968. The Labute approximate surface area is 132 Å². The highest BCUT2D eigenvalue weighted by Gasteiger charge is 2.21. The van der Waals surface area contributed by atoms with Gasteiger partial charge in [0.25, 0.3) is 0 Å². The molecule has 3 aromatic rings. The van der Waals surface area contributed by atoms with E-state index in [9.17, 15) is 14.7 Å². The molecule has 1 aromatic heterocycles. The Morgan fingerprint density at radius 2 is 2.00 bits per heavy atom. The van der Waals surface area contributed by atoms with E-state index in [1.54, 1.807) is 12.1 Å². The number of aromatic hydroxyl groups is 1. The van der Waals surface area contributed by atoms with Gasteiger partial charge in [-0.15, -0.1) is 0 Å². The van der Waals surface area contributed by atoms with E-state index in [0.717, 1.165) is 11.8 Å². The zero-order chi connectivity index (χ0) is 16.6. The van der Waals surface area contributed by atoms with E-state index < -0.39 is 11.6 Å². The number of carbonyl (C=O) groups is 1. The summed E-state index contributed by atoms with van der Waals surface area (Å²) in [6.07, 6.45) is 1.28. The number of rotatable bonds is 3. The first-order valence-electron chi connectivity index (χ1n) is 7.37. The normalized spacial score (nSPS) is 11.0. The van der Waals surface area contributed by atoms with Gasteiger partial charge in [0.15, 0.2) is 0 Å². The highest BCUT2D eigenvalue weighted by atomic mass is 16.5. The number of para-hydroxylation sites is 1. The fraction of sp³-hybridized carbons (Fsp3) is 0.222. The molecule has 0 unspecified atom stereocenters. The molecule has 5 heteroatoms. The van der Waals surface area contributed by atoms with E-state index in [2.05, 4.69) is 0 Å². The van der Waals surface area contributed by atoms with Crippen molar-refractivity contribution in [3.8, 4) is 5.75 Å². The average Bonchev–Trinajstić information content (AvgIpc) is 2.56. The topological polar surface area (TPSA) is 76.7 Å². The summed E-state index contributed by atoms with van der Waals surface area (Å²) in [6, 6.07) is 8.49. The van der Waals surface area contributed by atoms with Crippen LogP contribution in [0.3, 0.4) is 0 Å². The number of esters is 1. The third-order valence-electron chi connectivity index (χ3n) is 3.89. The Morgan fingerprint density at radius 3 is 2.70 bits per heavy atom. The molecular formula is C18H16O5. The van der Waals surface area contributed by atoms with Crippen LogP contribution in [0.15, 0.2) is 39.5 Å². The van der Waals surface area contributed by atoms with Gasteiger partial charge in [0, 0.05) is 16.3 Å². The molecule has 1 heterocycles. The summed E-state index contributed by atoms with van der Waals surface area (Å²) in [5.74, 6) is -0.823. The molecule has 0 saturated heterocycles. The highest BCUT2D eigenvalue weighted by Crippen LogP contribution is 2.35. The summed E-state index contributed by atoms with van der Waals surface area (Å²) in [4.78, 5) is 24.2.